The van der Waals surface area contributed by atoms with Crippen molar-refractivity contribution in [3.63, 3.8) is 0 Å². The first kappa shape index (κ1) is 27.2. The highest BCUT2D eigenvalue weighted by Crippen LogP contribution is 2.20. The van der Waals surface area contributed by atoms with Crippen LogP contribution in [0.25, 0.3) is 0 Å². The molecule has 9 heteroatoms. The van der Waals surface area contributed by atoms with E-state index >= 15 is 0 Å². The van der Waals surface area contributed by atoms with Crippen molar-refractivity contribution in [2.24, 2.45) is 0 Å². The van der Waals surface area contributed by atoms with Crippen LogP contribution in [0.15, 0.2) is 48.5 Å². The SMILES string of the molecule is CCNC(=O)[C@H](C)N(Cc1ccc(OC)cc1)C(=O)CCCN(c1cccc(C)c1)S(C)(=O)=O. The van der Waals surface area contributed by atoms with E-state index in [2.05, 4.69) is 5.32 Å². The molecule has 0 fully saturated rings. The summed E-state index contributed by atoms with van der Waals surface area (Å²) in [6, 6.07) is 13.9. The minimum Gasteiger partial charge on any atom is -0.497 e. The van der Waals surface area contributed by atoms with Gasteiger partial charge in [-0.05, 0) is 62.6 Å². The molecule has 0 radical (unpaired) electrons. The van der Waals surface area contributed by atoms with Gasteiger partial charge in [-0.25, -0.2) is 8.42 Å². The lowest BCUT2D eigenvalue weighted by Gasteiger charge is -2.29. The van der Waals surface area contributed by atoms with E-state index in [1.54, 1.807) is 44.4 Å². The fourth-order valence-corrected chi connectivity index (χ4v) is 4.58. The van der Waals surface area contributed by atoms with Gasteiger partial charge in [-0.2, -0.15) is 0 Å². The summed E-state index contributed by atoms with van der Waals surface area (Å²) in [5.74, 6) is 0.254. The average molecular weight is 490 g/mol. The molecule has 0 saturated heterocycles. The quantitative estimate of drug-likeness (QED) is 0.494. The number of ether oxygens (including phenoxy) is 1. The first-order valence-electron chi connectivity index (χ1n) is 11.3. The third-order valence-electron chi connectivity index (χ3n) is 5.47. The normalized spacial score (nSPS) is 12.0. The number of carbonyl (C=O) groups is 2. The van der Waals surface area contributed by atoms with E-state index in [0.29, 0.717) is 24.4 Å². The molecule has 1 atom stereocenters. The Morgan fingerprint density at radius 1 is 1.12 bits per heavy atom. The van der Waals surface area contributed by atoms with Gasteiger partial charge in [-0.15, -0.1) is 0 Å². The molecule has 0 aliphatic carbocycles. The molecule has 2 amide bonds. The largest absolute Gasteiger partial charge is 0.497 e. The molecule has 8 nitrogen and oxygen atoms in total. The van der Waals surface area contributed by atoms with Gasteiger partial charge >= 0.3 is 0 Å². The van der Waals surface area contributed by atoms with Gasteiger partial charge < -0.3 is 15.0 Å². The zero-order chi connectivity index (χ0) is 25.3. The number of rotatable bonds is 12. The summed E-state index contributed by atoms with van der Waals surface area (Å²) in [4.78, 5) is 27.2. The third kappa shape index (κ3) is 7.76. The van der Waals surface area contributed by atoms with E-state index < -0.39 is 16.1 Å². The van der Waals surface area contributed by atoms with Crippen LogP contribution in [0.4, 0.5) is 5.69 Å². The summed E-state index contributed by atoms with van der Waals surface area (Å²) < 4.78 is 31.3. The summed E-state index contributed by atoms with van der Waals surface area (Å²) in [6.07, 6.45) is 1.59. The van der Waals surface area contributed by atoms with Gasteiger partial charge in [0.2, 0.25) is 21.8 Å². The molecular formula is C25H35N3O5S. The van der Waals surface area contributed by atoms with Crippen LogP contribution in [0.5, 0.6) is 5.75 Å². The van der Waals surface area contributed by atoms with Gasteiger partial charge in [0.05, 0.1) is 19.1 Å². The van der Waals surface area contributed by atoms with E-state index in [1.807, 2.05) is 32.0 Å². The van der Waals surface area contributed by atoms with Crippen LogP contribution in [0.3, 0.4) is 0 Å². The van der Waals surface area contributed by atoms with Crippen molar-refractivity contribution in [3.05, 3.63) is 59.7 Å². The number of amides is 2. The Labute approximate surface area is 202 Å². The molecule has 0 aliphatic heterocycles. The van der Waals surface area contributed by atoms with Crippen molar-refractivity contribution >= 4 is 27.5 Å². The zero-order valence-corrected chi connectivity index (χ0v) is 21.4. The number of nitrogens with one attached hydrogen (secondary N) is 1. The molecule has 0 spiro atoms. The van der Waals surface area contributed by atoms with E-state index in [0.717, 1.165) is 17.4 Å². The molecule has 1 N–H and O–H groups in total. The number of aryl methyl sites for hydroxylation is 1. The number of nitrogens with zero attached hydrogens (tertiary/aromatic N) is 2. The van der Waals surface area contributed by atoms with Crippen LogP contribution in [0, 0.1) is 6.92 Å². The molecule has 2 aromatic rings. The van der Waals surface area contributed by atoms with Crippen molar-refractivity contribution in [3.8, 4) is 5.75 Å². The van der Waals surface area contributed by atoms with Crippen LogP contribution >= 0.6 is 0 Å². The number of hydrogen-bond donors (Lipinski definition) is 1. The second-order valence-corrected chi connectivity index (χ2v) is 10.1. The van der Waals surface area contributed by atoms with E-state index in [4.69, 9.17) is 4.74 Å². The number of methoxy groups -OCH3 is 1. The highest BCUT2D eigenvalue weighted by atomic mass is 32.2. The summed E-state index contributed by atoms with van der Waals surface area (Å²) in [5, 5.41) is 2.77. The van der Waals surface area contributed by atoms with E-state index in [1.165, 1.54) is 9.21 Å². The first-order chi connectivity index (χ1) is 16.1. The standard InChI is InChI=1S/C25H35N3O5S/c1-6-26-25(30)20(3)27(18-21-12-14-23(33-4)15-13-21)24(29)11-8-16-28(34(5,31)32)22-10-7-9-19(2)17-22/h7,9-10,12-15,17,20H,6,8,11,16,18H2,1-5H3,(H,26,30)/t20-/m0/s1. The van der Waals surface area contributed by atoms with Crippen LogP contribution in [0.1, 0.15) is 37.8 Å². The van der Waals surface area contributed by atoms with Crippen molar-refractivity contribution in [2.45, 2.75) is 46.2 Å². The Hall–Kier alpha value is -3.07. The Morgan fingerprint density at radius 3 is 2.35 bits per heavy atom. The highest BCUT2D eigenvalue weighted by molar-refractivity contribution is 7.92. The van der Waals surface area contributed by atoms with Crippen LogP contribution in [0.2, 0.25) is 0 Å². The highest BCUT2D eigenvalue weighted by Gasteiger charge is 2.26. The maximum absolute atomic E-state index is 13.2. The van der Waals surface area contributed by atoms with Gasteiger partial charge in [0, 0.05) is 26.1 Å². The van der Waals surface area contributed by atoms with Crippen LogP contribution in [-0.2, 0) is 26.2 Å². The lowest BCUT2D eigenvalue weighted by atomic mass is 10.1. The molecule has 2 rings (SSSR count). The number of likely N-dealkylation sites (N-methyl/N-ethyl adjacent to an activating group) is 1. The predicted octanol–water partition coefficient (Wildman–Crippen LogP) is 3.10. The molecule has 2 aromatic carbocycles. The molecule has 0 bridgehead atoms. The topological polar surface area (TPSA) is 96.0 Å². The maximum Gasteiger partial charge on any atom is 0.242 e. The fourth-order valence-electron chi connectivity index (χ4n) is 3.62. The minimum absolute atomic E-state index is 0.109. The van der Waals surface area contributed by atoms with E-state index in [-0.39, 0.29) is 31.3 Å². The fraction of sp³-hybridized carbons (Fsp3) is 0.440. The molecule has 186 valence electrons. The Kier molecular flexibility index (Phi) is 9.92. The molecule has 0 heterocycles. The van der Waals surface area contributed by atoms with Gasteiger partial charge in [-0.3, -0.25) is 13.9 Å². The van der Waals surface area contributed by atoms with E-state index in [9.17, 15) is 18.0 Å². The Bertz CT molecular complexity index is 1070. The zero-order valence-electron chi connectivity index (χ0n) is 20.6. The molecule has 0 unspecified atom stereocenters. The van der Waals surface area contributed by atoms with Gasteiger partial charge in [-0.1, -0.05) is 24.3 Å². The van der Waals surface area contributed by atoms with Crippen molar-refractivity contribution in [1.29, 1.82) is 0 Å². The predicted molar refractivity (Wildman–Crippen MR) is 134 cm³/mol. The number of sulfonamides is 1. The van der Waals surface area contributed by atoms with Crippen molar-refractivity contribution < 1.29 is 22.7 Å². The first-order valence-corrected chi connectivity index (χ1v) is 13.2. The number of benzene rings is 2. The van der Waals surface area contributed by atoms with Gasteiger partial charge in [0.1, 0.15) is 11.8 Å². The molecular weight excluding hydrogens is 454 g/mol. The second-order valence-electron chi connectivity index (χ2n) is 8.22. The smallest absolute Gasteiger partial charge is 0.242 e. The third-order valence-corrected chi connectivity index (χ3v) is 6.67. The Balaban J connectivity index is 2.15. The van der Waals surface area contributed by atoms with Gasteiger partial charge in [0.15, 0.2) is 0 Å². The van der Waals surface area contributed by atoms with Crippen molar-refractivity contribution in [1.82, 2.24) is 10.2 Å². The molecule has 0 saturated carbocycles. The molecule has 0 aliphatic rings. The molecule has 34 heavy (non-hydrogen) atoms. The summed E-state index contributed by atoms with van der Waals surface area (Å²) >= 11 is 0. The van der Waals surface area contributed by atoms with Crippen LogP contribution in [-0.4, -0.2) is 57.6 Å². The minimum atomic E-state index is -3.51. The maximum atomic E-state index is 13.2. The number of anilines is 1. The molecule has 0 aromatic heterocycles. The average Bonchev–Trinajstić information content (AvgIpc) is 2.79. The Morgan fingerprint density at radius 2 is 1.79 bits per heavy atom. The van der Waals surface area contributed by atoms with Gasteiger partial charge in [0.25, 0.3) is 0 Å². The van der Waals surface area contributed by atoms with Crippen LogP contribution < -0.4 is 14.4 Å². The second kappa shape index (κ2) is 12.4. The lowest BCUT2D eigenvalue weighted by Crippen LogP contribution is -2.47. The monoisotopic (exact) mass is 489 g/mol. The summed E-state index contributed by atoms with van der Waals surface area (Å²) in [5.41, 5.74) is 2.38. The lowest BCUT2D eigenvalue weighted by molar-refractivity contribution is -0.140. The summed E-state index contributed by atoms with van der Waals surface area (Å²) in [7, 11) is -1.93. The number of carbonyl (C=O) groups excluding carboxylic acids is 2. The number of hydrogen-bond acceptors (Lipinski definition) is 5. The van der Waals surface area contributed by atoms with Crippen molar-refractivity contribution in [2.75, 3.05) is 30.8 Å². The summed E-state index contributed by atoms with van der Waals surface area (Å²) in [6.45, 7) is 6.31.